The van der Waals surface area contributed by atoms with Gasteiger partial charge in [-0.25, -0.2) is 14.4 Å². The van der Waals surface area contributed by atoms with Crippen molar-refractivity contribution in [2.24, 2.45) is 7.05 Å². The summed E-state index contributed by atoms with van der Waals surface area (Å²) in [5.74, 6) is -4.37. The van der Waals surface area contributed by atoms with Crippen LogP contribution in [0.1, 0.15) is 18.4 Å². The molecule has 0 radical (unpaired) electrons. The molecule has 0 fully saturated rings. The minimum Gasteiger partial charge on any atom is -0.475 e. The number of alkyl halides is 6. The van der Waals surface area contributed by atoms with Crippen molar-refractivity contribution in [2.75, 3.05) is 11.9 Å². The average Bonchev–Trinajstić information content (AvgIpc) is 3.07. The molecule has 4 N–H and O–H groups in total. The number of aryl methyl sites for hydroxylation is 2. The molecule has 0 aliphatic rings. The van der Waals surface area contributed by atoms with Crippen LogP contribution < -0.4 is 10.6 Å². The topological polar surface area (TPSA) is 159 Å². The maximum Gasteiger partial charge on any atom is 0.490 e. The van der Waals surface area contributed by atoms with Crippen molar-refractivity contribution in [1.29, 1.82) is 0 Å². The van der Waals surface area contributed by atoms with Crippen molar-refractivity contribution in [1.82, 2.24) is 25.1 Å². The number of carbonyl (C=O) groups excluding carboxylic acids is 1. The molecule has 34 heavy (non-hydrogen) atoms. The van der Waals surface area contributed by atoms with E-state index in [1.54, 1.807) is 17.9 Å². The summed E-state index contributed by atoms with van der Waals surface area (Å²) >= 11 is 0. The average molecular weight is 502 g/mol. The van der Waals surface area contributed by atoms with E-state index in [-0.39, 0.29) is 6.03 Å². The second-order valence-electron chi connectivity index (χ2n) is 5.89. The number of pyridine rings is 1. The number of nitrogens with zero attached hydrogens (tertiary/aromatic N) is 4. The molecule has 2 aromatic heterocycles. The Hall–Kier alpha value is -3.92. The van der Waals surface area contributed by atoms with Crippen molar-refractivity contribution >= 4 is 23.9 Å². The summed E-state index contributed by atoms with van der Waals surface area (Å²) in [6, 6.07) is 5.40. The number of aliphatic carboxylic acids is 2. The van der Waals surface area contributed by atoms with Gasteiger partial charge in [0.05, 0.1) is 0 Å². The number of halogens is 6. The number of hydrogen-bond donors (Lipinski definition) is 4. The van der Waals surface area contributed by atoms with Gasteiger partial charge in [0.1, 0.15) is 5.82 Å². The van der Waals surface area contributed by atoms with Gasteiger partial charge in [0, 0.05) is 38.3 Å². The number of nitrogens with one attached hydrogen (secondary N) is 2. The van der Waals surface area contributed by atoms with Crippen LogP contribution >= 0.6 is 0 Å². The quantitative estimate of drug-likeness (QED) is 0.454. The lowest BCUT2D eigenvalue weighted by molar-refractivity contribution is -0.193. The standard InChI is InChI=1S/C13H18N6O.2C2HF3O2/c1-3-11-16-12(18-19(11)2)17-13(20)15-9-7-10-6-4-5-8-14-10;2*3-2(4,5)1(6)7/h4-6,8H,3,7,9H2,1-2H3,(H2,15,17,18,20);2*(H,6,7). The Morgan fingerprint density at radius 2 is 1.56 bits per heavy atom. The molecule has 0 spiro atoms. The maximum absolute atomic E-state index is 11.7. The van der Waals surface area contributed by atoms with Gasteiger partial charge in [0.2, 0.25) is 5.95 Å². The van der Waals surface area contributed by atoms with Crippen LogP contribution in [0.25, 0.3) is 0 Å². The second-order valence-corrected chi connectivity index (χ2v) is 5.89. The van der Waals surface area contributed by atoms with Gasteiger partial charge in [-0.15, -0.1) is 5.10 Å². The molecule has 0 aliphatic heterocycles. The zero-order valence-corrected chi connectivity index (χ0v) is 17.6. The first-order valence-corrected chi connectivity index (χ1v) is 9.02. The number of amides is 2. The molecule has 0 aliphatic carbocycles. The third kappa shape index (κ3) is 12.8. The van der Waals surface area contributed by atoms with Crippen molar-refractivity contribution in [3.8, 4) is 0 Å². The van der Waals surface area contributed by atoms with Crippen LogP contribution in [0.2, 0.25) is 0 Å². The zero-order valence-electron chi connectivity index (χ0n) is 17.6. The van der Waals surface area contributed by atoms with Crippen molar-refractivity contribution in [3.63, 3.8) is 0 Å². The molecule has 2 amide bonds. The highest BCUT2D eigenvalue weighted by molar-refractivity contribution is 5.87. The maximum atomic E-state index is 11.7. The van der Waals surface area contributed by atoms with E-state index >= 15 is 0 Å². The molecule has 11 nitrogen and oxygen atoms in total. The molecule has 2 heterocycles. The van der Waals surface area contributed by atoms with Crippen molar-refractivity contribution in [2.45, 2.75) is 32.1 Å². The van der Waals surface area contributed by atoms with Crippen LogP contribution in [0.4, 0.5) is 37.1 Å². The van der Waals surface area contributed by atoms with Gasteiger partial charge in [-0.05, 0) is 12.1 Å². The van der Waals surface area contributed by atoms with Crippen LogP contribution in [-0.4, -0.2) is 66.8 Å². The number of carbonyl (C=O) groups is 3. The molecule has 2 aromatic rings. The number of rotatable bonds is 5. The van der Waals surface area contributed by atoms with Crippen LogP contribution in [-0.2, 0) is 29.5 Å². The summed E-state index contributed by atoms with van der Waals surface area (Å²) in [5.41, 5.74) is 0.942. The minimum absolute atomic E-state index is 0.311. The van der Waals surface area contributed by atoms with Gasteiger partial charge < -0.3 is 15.5 Å². The molecular weight excluding hydrogens is 482 g/mol. The summed E-state index contributed by atoms with van der Waals surface area (Å²) in [6.07, 6.45) is -6.98. The number of aromatic nitrogens is 4. The molecule has 0 bridgehead atoms. The Morgan fingerprint density at radius 1 is 1.03 bits per heavy atom. The Labute approximate surface area is 187 Å². The number of carboxylic acid groups (broad SMARTS) is 2. The summed E-state index contributed by atoms with van der Waals surface area (Å²) in [6.45, 7) is 2.50. The van der Waals surface area contributed by atoms with Crippen molar-refractivity contribution < 1.29 is 50.9 Å². The third-order valence-electron chi connectivity index (χ3n) is 3.27. The zero-order chi connectivity index (χ0) is 26.5. The molecule has 0 saturated carbocycles. The van der Waals surface area contributed by atoms with Gasteiger partial charge in [-0.3, -0.25) is 15.0 Å². The summed E-state index contributed by atoms with van der Waals surface area (Å²) in [7, 11) is 1.80. The van der Waals surface area contributed by atoms with E-state index in [0.717, 1.165) is 17.9 Å². The smallest absolute Gasteiger partial charge is 0.475 e. The normalized spacial score (nSPS) is 10.7. The summed E-state index contributed by atoms with van der Waals surface area (Å²) in [4.78, 5) is 37.9. The Kier molecular flexibility index (Phi) is 12.0. The molecule has 2 rings (SSSR count). The number of urea groups is 1. The largest absolute Gasteiger partial charge is 0.490 e. The fourth-order valence-corrected chi connectivity index (χ4v) is 1.77. The van der Waals surface area contributed by atoms with Crippen LogP contribution in [0.3, 0.4) is 0 Å². The highest BCUT2D eigenvalue weighted by Gasteiger charge is 2.38. The monoisotopic (exact) mass is 502 g/mol. The molecule has 190 valence electrons. The lowest BCUT2D eigenvalue weighted by Gasteiger charge is -2.04. The minimum atomic E-state index is -5.08. The highest BCUT2D eigenvalue weighted by Crippen LogP contribution is 2.13. The van der Waals surface area contributed by atoms with E-state index < -0.39 is 24.3 Å². The van der Waals surface area contributed by atoms with Crippen molar-refractivity contribution in [3.05, 3.63) is 35.9 Å². The second kappa shape index (κ2) is 13.6. The van der Waals surface area contributed by atoms with Gasteiger partial charge in [0.15, 0.2) is 0 Å². The Morgan fingerprint density at radius 3 is 1.94 bits per heavy atom. The summed E-state index contributed by atoms with van der Waals surface area (Å²) in [5, 5.41) is 23.7. The first kappa shape index (κ1) is 30.1. The molecule has 0 saturated heterocycles. The molecule has 0 aromatic carbocycles. The first-order valence-electron chi connectivity index (χ1n) is 9.02. The predicted octanol–water partition coefficient (Wildman–Crippen LogP) is 2.40. The van der Waals surface area contributed by atoms with Gasteiger partial charge in [-0.1, -0.05) is 13.0 Å². The van der Waals surface area contributed by atoms with E-state index in [4.69, 9.17) is 19.8 Å². The number of anilines is 1. The van der Waals surface area contributed by atoms with Crippen LogP contribution in [0, 0.1) is 0 Å². The predicted molar refractivity (Wildman–Crippen MR) is 103 cm³/mol. The number of hydrogen-bond acceptors (Lipinski definition) is 6. The molecule has 0 unspecified atom stereocenters. The first-order chi connectivity index (χ1) is 15.6. The van der Waals surface area contributed by atoms with E-state index in [9.17, 15) is 31.1 Å². The highest BCUT2D eigenvalue weighted by atomic mass is 19.4. The molecule has 0 atom stereocenters. The van der Waals surface area contributed by atoms with E-state index in [2.05, 4.69) is 25.7 Å². The number of carboxylic acids is 2. The van der Waals surface area contributed by atoms with Gasteiger partial charge >= 0.3 is 30.3 Å². The molecular formula is C17H20F6N6O5. The Balaban J connectivity index is 0.000000642. The van der Waals surface area contributed by atoms with E-state index in [0.29, 0.717) is 18.9 Å². The Bertz CT molecular complexity index is 909. The fraction of sp³-hybridized carbons (Fsp3) is 0.412. The van der Waals surface area contributed by atoms with E-state index in [1.165, 1.54) is 0 Å². The van der Waals surface area contributed by atoms with Gasteiger partial charge in [-0.2, -0.15) is 31.3 Å². The summed E-state index contributed by atoms with van der Waals surface area (Å²) < 4.78 is 65.1. The van der Waals surface area contributed by atoms with E-state index in [1.807, 2.05) is 25.1 Å². The fourth-order valence-electron chi connectivity index (χ4n) is 1.77. The van der Waals surface area contributed by atoms with Gasteiger partial charge in [0.25, 0.3) is 0 Å². The molecule has 17 heteroatoms. The SMILES string of the molecule is CCc1nc(NC(=O)NCCc2ccccn2)nn1C.O=C(O)C(F)(F)F.O=C(O)C(F)(F)F. The van der Waals surface area contributed by atoms with Crippen LogP contribution in [0.5, 0.6) is 0 Å². The van der Waals surface area contributed by atoms with Crippen LogP contribution in [0.15, 0.2) is 24.4 Å². The lowest BCUT2D eigenvalue weighted by atomic mass is 10.3. The third-order valence-corrected chi connectivity index (χ3v) is 3.27. The lowest BCUT2D eigenvalue weighted by Crippen LogP contribution is -2.31.